The number of rotatable bonds is 6. The first kappa shape index (κ1) is 16.7. The number of hydrogen-bond acceptors (Lipinski definition) is 6. The normalized spacial score (nSPS) is 24.0. The number of nitro benzene ring substituents is 1. The van der Waals surface area contributed by atoms with Crippen molar-refractivity contribution in [2.45, 2.75) is 32.2 Å². The number of nitro groups is 1. The van der Waals surface area contributed by atoms with Crippen LogP contribution in [0.2, 0.25) is 0 Å². The zero-order chi connectivity index (χ0) is 16.1. The third kappa shape index (κ3) is 4.66. The van der Waals surface area contributed by atoms with E-state index in [-0.39, 0.29) is 30.3 Å². The third-order valence-corrected chi connectivity index (χ3v) is 3.46. The summed E-state index contributed by atoms with van der Waals surface area (Å²) in [5.74, 6) is 0.176. The lowest BCUT2D eigenvalue weighted by molar-refractivity contribution is -0.385. The molecule has 3 atom stereocenters. The van der Waals surface area contributed by atoms with E-state index in [1.807, 2.05) is 13.8 Å². The molecule has 0 aliphatic carbocycles. The van der Waals surface area contributed by atoms with E-state index in [4.69, 9.17) is 9.47 Å². The van der Waals surface area contributed by atoms with Crippen molar-refractivity contribution in [3.63, 3.8) is 0 Å². The molecule has 0 saturated carbocycles. The second-order valence-corrected chi connectivity index (χ2v) is 5.67. The van der Waals surface area contributed by atoms with E-state index in [0.717, 1.165) is 13.1 Å². The minimum Gasteiger partial charge on any atom is -0.484 e. The van der Waals surface area contributed by atoms with E-state index in [1.54, 1.807) is 12.1 Å². The number of β-amino-alcohol motifs (C(OH)–C–C–N with tert-alkyl or cyclic N) is 1. The molecule has 1 aliphatic heterocycles. The number of ether oxygens (including phenoxy) is 2. The Morgan fingerprint density at radius 1 is 1.41 bits per heavy atom. The molecule has 0 bridgehead atoms. The van der Waals surface area contributed by atoms with Gasteiger partial charge < -0.3 is 14.6 Å². The van der Waals surface area contributed by atoms with Crippen LogP contribution in [0, 0.1) is 10.1 Å². The van der Waals surface area contributed by atoms with Crippen LogP contribution >= 0.6 is 0 Å². The van der Waals surface area contributed by atoms with Crippen molar-refractivity contribution >= 4 is 5.69 Å². The van der Waals surface area contributed by atoms with E-state index < -0.39 is 11.0 Å². The van der Waals surface area contributed by atoms with Gasteiger partial charge in [0.2, 0.25) is 0 Å². The minimum absolute atomic E-state index is 0.0188. The van der Waals surface area contributed by atoms with Crippen molar-refractivity contribution in [1.29, 1.82) is 0 Å². The number of aliphatic hydroxyl groups is 1. The fourth-order valence-corrected chi connectivity index (χ4v) is 2.70. The van der Waals surface area contributed by atoms with E-state index in [9.17, 15) is 15.2 Å². The molecule has 2 rings (SSSR count). The predicted octanol–water partition coefficient (Wildman–Crippen LogP) is 1.44. The van der Waals surface area contributed by atoms with Gasteiger partial charge in [0.15, 0.2) is 5.75 Å². The summed E-state index contributed by atoms with van der Waals surface area (Å²) in [6, 6.07) is 6.16. The second kappa shape index (κ2) is 7.53. The van der Waals surface area contributed by atoms with Crippen molar-refractivity contribution < 1.29 is 19.5 Å². The Kier molecular flexibility index (Phi) is 5.70. The summed E-state index contributed by atoms with van der Waals surface area (Å²) in [6.45, 7) is 5.99. The fraction of sp³-hybridized carbons (Fsp3) is 0.600. The number of hydrogen-bond donors (Lipinski definition) is 1. The van der Waals surface area contributed by atoms with Crippen LogP contribution in [0.5, 0.6) is 5.75 Å². The molecule has 122 valence electrons. The summed E-state index contributed by atoms with van der Waals surface area (Å²) in [5.41, 5.74) is -0.0942. The van der Waals surface area contributed by atoms with Gasteiger partial charge in [-0.1, -0.05) is 12.1 Å². The topological polar surface area (TPSA) is 85.1 Å². The summed E-state index contributed by atoms with van der Waals surface area (Å²) in [5, 5.41) is 21.0. The molecule has 1 aromatic carbocycles. The van der Waals surface area contributed by atoms with Crippen LogP contribution in [0.25, 0.3) is 0 Å². The Labute approximate surface area is 129 Å². The highest BCUT2D eigenvalue weighted by atomic mass is 16.6. The Balaban J connectivity index is 1.85. The average Bonchev–Trinajstić information content (AvgIpc) is 2.44. The van der Waals surface area contributed by atoms with Crippen molar-refractivity contribution in [2.75, 3.05) is 26.2 Å². The Morgan fingerprint density at radius 3 is 2.68 bits per heavy atom. The summed E-state index contributed by atoms with van der Waals surface area (Å²) < 4.78 is 11.0. The molecule has 22 heavy (non-hydrogen) atoms. The molecule has 1 saturated heterocycles. The molecule has 1 aromatic rings. The van der Waals surface area contributed by atoms with E-state index in [0.29, 0.717) is 6.54 Å². The summed E-state index contributed by atoms with van der Waals surface area (Å²) in [7, 11) is 0. The van der Waals surface area contributed by atoms with Gasteiger partial charge in [-0.25, -0.2) is 0 Å². The van der Waals surface area contributed by atoms with Gasteiger partial charge >= 0.3 is 5.69 Å². The SMILES string of the molecule is C[C@@H]1CN(C[C@H](O)COc2ccccc2[N+](=O)[O-])C[C@H](C)O1. The Morgan fingerprint density at radius 2 is 2.05 bits per heavy atom. The lowest BCUT2D eigenvalue weighted by Crippen LogP contribution is -2.48. The van der Waals surface area contributed by atoms with Crippen LogP contribution in [0.3, 0.4) is 0 Å². The molecule has 7 nitrogen and oxygen atoms in total. The van der Waals surface area contributed by atoms with Gasteiger partial charge in [-0.15, -0.1) is 0 Å². The molecular weight excluding hydrogens is 288 g/mol. The first-order chi connectivity index (χ1) is 10.5. The van der Waals surface area contributed by atoms with Crippen molar-refractivity contribution in [1.82, 2.24) is 4.90 Å². The number of para-hydroxylation sites is 2. The molecule has 7 heteroatoms. The number of nitrogens with zero attached hydrogens (tertiary/aromatic N) is 2. The van der Waals surface area contributed by atoms with Crippen molar-refractivity contribution in [2.24, 2.45) is 0 Å². The Bertz CT molecular complexity index is 500. The molecule has 1 N–H and O–H groups in total. The van der Waals surface area contributed by atoms with Crippen LogP contribution in [0.1, 0.15) is 13.8 Å². The first-order valence-corrected chi connectivity index (χ1v) is 7.37. The van der Waals surface area contributed by atoms with Crippen LogP contribution in [0.4, 0.5) is 5.69 Å². The molecule has 1 aliphatic rings. The van der Waals surface area contributed by atoms with Crippen molar-refractivity contribution in [3.8, 4) is 5.75 Å². The third-order valence-electron chi connectivity index (χ3n) is 3.46. The quantitative estimate of drug-likeness (QED) is 0.632. The summed E-state index contributed by atoms with van der Waals surface area (Å²) in [4.78, 5) is 12.5. The van der Waals surface area contributed by atoms with Gasteiger partial charge in [0, 0.05) is 25.7 Å². The standard InChI is InChI=1S/C15H22N2O5/c1-11-7-16(8-12(2)22-11)9-13(18)10-21-15-6-4-3-5-14(15)17(19)20/h3-6,11-13,18H,7-10H2,1-2H3/t11-,12+,13-/m0/s1. The lowest BCUT2D eigenvalue weighted by atomic mass is 10.2. The molecule has 0 amide bonds. The lowest BCUT2D eigenvalue weighted by Gasteiger charge is -2.36. The van der Waals surface area contributed by atoms with Crippen LogP contribution in [-0.2, 0) is 4.74 Å². The van der Waals surface area contributed by atoms with Gasteiger partial charge in [-0.2, -0.15) is 0 Å². The molecule has 1 fully saturated rings. The largest absolute Gasteiger partial charge is 0.484 e. The smallest absolute Gasteiger partial charge is 0.310 e. The first-order valence-electron chi connectivity index (χ1n) is 7.37. The molecule has 0 radical (unpaired) electrons. The maximum Gasteiger partial charge on any atom is 0.310 e. The van der Waals surface area contributed by atoms with E-state index in [2.05, 4.69) is 4.90 Å². The minimum atomic E-state index is -0.711. The van der Waals surface area contributed by atoms with Gasteiger partial charge in [-0.05, 0) is 19.9 Å². The van der Waals surface area contributed by atoms with E-state index in [1.165, 1.54) is 12.1 Å². The highest BCUT2D eigenvalue weighted by Gasteiger charge is 2.24. The highest BCUT2D eigenvalue weighted by Crippen LogP contribution is 2.25. The van der Waals surface area contributed by atoms with E-state index >= 15 is 0 Å². The average molecular weight is 310 g/mol. The Hall–Kier alpha value is -1.70. The van der Waals surface area contributed by atoms with Gasteiger partial charge in [-0.3, -0.25) is 15.0 Å². The predicted molar refractivity (Wildman–Crippen MR) is 81.0 cm³/mol. The summed E-state index contributed by atoms with van der Waals surface area (Å²) in [6.07, 6.45) is -0.448. The maximum atomic E-state index is 10.9. The van der Waals surface area contributed by atoms with Crippen LogP contribution < -0.4 is 4.74 Å². The summed E-state index contributed by atoms with van der Waals surface area (Å²) >= 11 is 0. The monoisotopic (exact) mass is 310 g/mol. The van der Waals surface area contributed by atoms with Crippen molar-refractivity contribution in [3.05, 3.63) is 34.4 Å². The number of aliphatic hydroxyl groups excluding tert-OH is 1. The molecule has 0 spiro atoms. The number of morpholine rings is 1. The van der Waals surface area contributed by atoms with Gasteiger partial charge in [0.25, 0.3) is 0 Å². The maximum absolute atomic E-state index is 10.9. The second-order valence-electron chi connectivity index (χ2n) is 5.67. The van der Waals surface area contributed by atoms with Crippen LogP contribution in [-0.4, -0.2) is 59.5 Å². The molecule has 0 aromatic heterocycles. The fourth-order valence-electron chi connectivity index (χ4n) is 2.70. The zero-order valence-corrected chi connectivity index (χ0v) is 12.8. The molecule has 1 heterocycles. The number of benzene rings is 1. The van der Waals surface area contributed by atoms with Gasteiger partial charge in [0.1, 0.15) is 12.7 Å². The molecular formula is C15H22N2O5. The highest BCUT2D eigenvalue weighted by molar-refractivity contribution is 5.45. The van der Waals surface area contributed by atoms with Gasteiger partial charge in [0.05, 0.1) is 17.1 Å². The zero-order valence-electron chi connectivity index (χ0n) is 12.8. The van der Waals surface area contributed by atoms with Crippen LogP contribution in [0.15, 0.2) is 24.3 Å². The molecule has 0 unspecified atom stereocenters.